The molecule has 0 saturated heterocycles. The number of nitrogens with zero attached hydrogens (tertiary/aromatic N) is 2. The molecule has 1 heterocycles. The van der Waals surface area contributed by atoms with E-state index in [1.54, 1.807) is 7.11 Å². The van der Waals surface area contributed by atoms with Crippen LogP contribution in [0.3, 0.4) is 0 Å². The van der Waals surface area contributed by atoms with E-state index in [-0.39, 0.29) is 0 Å². The van der Waals surface area contributed by atoms with E-state index in [2.05, 4.69) is 21.0 Å². The molecule has 0 bridgehead atoms. The zero-order chi connectivity index (χ0) is 15.4. The van der Waals surface area contributed by atoms with E-state index in [0.717, 1.165) is 39.3 Å². The summed E-state index contributed by atoms with van der Waals surface area (Å²) in [6.45, 7) is 2.97. The summed E-state index contributed by atoms with van der Waals surface area (Å²) >= 11 is 3.54. The fourth-order valence-electron chi connectivity index (χ4n) is 2.16. The number of hydrogen-bond acceptors (Lipinski definition) is 4. The Bertz CT molecular complexity index is 626. The van der Waals surface area contributed by atoms with Crippen molar-refractivity contribution in [1.82, 2.24) is 9.78 Å². The molecule has 2 N–H and O–H groups in total. The first kappa shape index (κ1) is 15.9. The number of hydrogen-bond donors (Lipinski definition) is 1. The topological polar surface area (TPSA) is 62.3 Å². The lowest BCUT2D eigenvalue weighted by atomic mass is 10.1. The van der Waals surface area contributed by atoms with Gasteiger partial charge in [0.15, 0.2) is 0 Å². The Labute approximate surface area is 133 Å². The number of methoxy groups -OCH3 is 1. The predicted octanol–water partition coefficient (Wildman–Crippen LogP) is 2.58. The van der Waals surface area contributed by atoms with E-state index >= 15 is 0 Å². The van der Waals surface area contributed by atoms with Gasteiger partial charge in [0.25, 0.3) is 0 Å². The molecule has 0 aliphatic carbocycles. The first-order chi connectivity index (χ1) is 10.1. The molecule has 0 spiro atoms. The van der Waals surface area contributed by atoms with Crippen LogP contribution in [0.5, 0.6) is 11.5 Å². The minimum Gasteiger partial charge on any atom is -0.497 e. The van der Waals surface area contributed by atoms with E-state index in [4.69, 9.17) is 15.2 Å². The van der Waals surface area contributed by atoms with Gasteiger partial charge in [0.2, 0.25) is 0 Å². The highest BCUT2D eigenvalue weighted by Gasteiger charge is 2.12. The summed E-state index contributed by atoms with van der Waals surface area (Å²) < 4.78 is 14.0. The summed E-state index contributed by atoms with van der Waals surface area (Å²) in [4.78, 5) is 0. The second-order valence-corrected chi connectivity index (χ2v) is 5.56. The van der Waals surface area contributed by atoms with Crippen molar-refractivity contribution in [3.63, 3.8) is 0 Å². The molecule has 0 saturated carbocycles. The monoisotopic (exact) mass is 353 g/mol. The van der Waals surface area contributed by atoms with Crippen molar-refractivity contribution in [2.75, 3.05) is 13.7 Å². The van der Waals surface area contributed by atoms with Crippen LogP contribution in [0.4, 0.5) is 0 Å². The maximum atomic E-state index is 5.95. The molecular formula is C15H20BrN3O2. The van der Waals surface area contributed by atoms with Crippen LogP contribution in [0.1, 0.15) is 17.0 Å². The molecule has 2 aromatic rings. The molecule has 6 heteroatoms. The van der Waals surface area contributed by atoms with Crippen molar-refractivity contribution in [2.24, 2.45) is 12.8 Å². The Kier molecular flexibility index (Phi) is 5.25. The third kappa shape index (κ3) is 3.57. The first-order valence-electron chi connectivity index (χ1n) is 6.74. The summed E-state index contributed by atoms with van der Waals surface area (Å²) in [5.41, 5.74) is 8.66. The molecule has 114 valence electrons. The van der Waals surface area contributed by atoms with Crippen LogP contribution in [0.15, 0.2) is 22.7 Å². The summed E-state index contributed by atoms with van der Waals surface area (Å²) in [6.07, 6.45) is 0.748. The normalized spacial score (nSPS) is 10.7. The van der Waals surface area contributed by atoms with Gasteiger partial charge in [-0.25, -0.2) is 0 Å². The van der Waals surface area contributed by atoms with Crippen LogP contribution in [-0.4, -0.2) is 23.4 Å². The molecular weight excluding hydrogens is 334 g/mol. The average molecular weight is 354 g/mol. The number of ether oxygens (including phenoxy) is 2. The number of aryl methyl sites for hydroxylation is 2. The Morgan fingerprint density at radius 2 is 2.14 bits per heavy atom. The van der Waals surface area contributed by atoms with Crippen LogP contribution in [0.2, 0.25) is 0 Å². The third-order valence-corrected chi connectivity index (χ3v) is 4.34. The van der Waals surface area contributed by atoms with Crippen molar-refractivity contribution in [1.29, 1.82) is 0 Å². The Morgan fingerprint density at radius 1 is 1.38 bits per heavy atom. The second-order valence-electron chi connectivity index (χ2n) is 4.77. The largest absolute Gasteiger partial charge is 0.497 e. The van der Waals surface area contributed by atoms with E-state index in [0.29, 0.717) is 13.2 Å². The maximum absolute atomic E-state index is 5.95. The van der Waals surface area contributed by atoms with Gasteiger partial charge in [0.1, 0.15) is 18.1 Å². The molecule has 21 heavy (non-hydrogen) atoms. The van der Waals surface area contributed by atoms with Gasteiger partial charge in [-0.2, -0.15) is 5.10 Å². The molecule has 0 unspecified atom stereocenters. The van der Waals surface area contributed by atoms with Gasteiger partial charge in [-0.15, -0.1) is 0 Å². The van der Waals surface area contributed by atoms with Gasteiger partial charge in [-0.3, -0.25) is 4.68 Å². The summed E-state index contributed by atoms with van der Waals surface area (Å²) in [6, 6.07) is 5.77. The molecule has 0 fully saturated rings. The Hall–Kier alpha value is -1.53. The van der Waals surface area contributed by atoms with Crippen molar-refractivity contribution < 1.29 is 9.47 Å². The van der Waals surface area contributed by atoms with Gasteiger partial charge in [-0.1, -0.05) is 0 Å². The van der Waals surface area contributed by atoms with Gasteiger partial charge >= 0.3 is 0 Å². The van der Waals surface area contributed by atoms with Crippen molar-refractivity contribution in [3.8, 4) is 11.5 Å². The number of rotatable bonds is 6. The first-order valence-corrected chi connectivity index (χ1v) is 7.53. The fourth-order valence-corrected chi connectivity index (χ4v) is 2.61. The smallest absolute Gasteiger partial charge is 0.131 e. The van der Waals surface area contributed by atoms with Crippen LogP contribution in [-0.2, 0) is 20.1 Å². The van der Waals surface area contributed by atoms with E-state index < -0.39 is 0 Å². The highest BCUT2D eigenvalue weighted by atomic mass is 79.9. The van der Waals surface area contributed by atoms with Crippen LogP contribution in [0.25, 0.3) is 0 Å². The molecule has 0 radical (unpaired) electrons. The minimum atomic E-state index is 0.446. The van der Waals surface area contributed by atoms with Gasteiger partial charge in [0, 0.05) is 7.05 Å². The molecule has 2 rings (SSSR count). The molecule has 0 aliphatic rings. The molecule has 1 aromatic heterocycles. The predicted molar refractivity (Wildman–Crippen MR) is 85.7 cm³/mol. The van der Waals surface area contributed by atoms with E-state index in [1.165, 1.54) is 0 Å². The lowest BCUT2D eigenvalue weighted by Gasteiger charge is -2.13. The maximum Gasteiger partial charge on any atom is 0.131 e. The standard InChI is InChI=1S/C15H20BrN3O2/c1-10-15(16)13(19(2)18-10)9-21-14-5-4-12(20-3)8-11(14)6-7-17/h4-5,8H,6-7,9,17H2,1-3H3. The van der Waals surface area contributed by atoms with Gasteiger partial charge < -0.3 is 15.2 Å². The summed E-state index contributed by atoms with van der Waals surface area (Å²) in [5, 5.41) is 4.36. The third-order valence-electron chi connectivity index (χ3n) is 3.31. The Balaban J connectivity index is 2.19. The lowest BCUT2D eigenvalue weighted by molar-refractivity contribution is 0.290. The highest BCUT2D eigenvalue weighted by Crippen LogP contribution is 2.27. The van der Waals surface area contributed by atoms with E-state index in [9.17, 15) is 0 Å². The Morgan fingerprint density at radius 3 is 2.71 bits per heavy atom. The van der Waals surface area contributed by atoms with Crippen molar-refractivity contribution >= 4 is 15.9 Å². The van der Waals surface area contributed by atoms with Crippen molar-refractivity contribution in [3.05, 3.63) is 39.6 Å². The van der Waals surface area contributed by atoms with E-state index in [1.807, 2.05) is 36.9 Å². The number of benzene rings is 1. The second kappa shape index (κ2) is 6.95. The number of aromatic nitrogens is 2. The molecule has 5 nitrogen and oxygen atoms in total. The number of nitrogens with two attached hydrogens (primary N) is 1. The van der Waals surface area contributed by atoms with Gasteiger partial charge in [-0.05, 0) is 59.6 Å². The van der Waals surface area contributed by atoms with Gasteiger partial charge in [0.05, 0.1) is 23.0 Å². The molecule has 0 amide bonds. The SMILES string of the molecule is COc1ccc(OCc2c(Br)c(C)nn2C)c(CCN)c1. The van der Waals surface area contributed by atoms with Crippen molar-refractivity contribution in [2.45, 2.75) is 20.0 Å². The average Bonchev–Trinajstić information content (AvgIpc) is 2.71. The highest BCUT2D eigenvalue weighted by molar-refractivity contribution is 9.10. The molecule has 0 atom stereocenters. The zero-order valence-corrected chi connectivity index (χ0v) is 14.1. The zero-order valence-electron chi connectivity index (χ0n) is 12.5. The number of halogens is 1. The fraction of sp³-hybridized carbons (Fsp3) is 0.400. The summed E-state index contributed by atoms with van der Waals surface area (Å²) in [5.74, 6) is 1.63. The quantitative estimate of drug-likeness (QED) is 0.866. The lowest BCUT2D eigenvalue weighted by Crippen LogP contribution is -2.08. The van der Waals surface area contributed by atoms with Crippen LogP contribution < -0.4 is 15.2 Å². The molecule has 1 aromatic carbocycles. The van der Waals surface area contributed by atoms with Crippen LogP contribution in [0, 0.1) is 6.92 Å². The van der Waals surface area contributed by atoms with Crippen LogP contribution >= 0.6 is 15.9 Å². The minimum absolute atomic E-state index is 0.446. The summed E-state index contributed by atoms with van der Waals surface area (Å²) in [7, 11) is 3.56. The molecule has 0 aliphatic heterocycles.